The summed E-state index contributed by atoms with van der Waals surface area (Å²) in [6, 6.07) is 16.5. The SMILES string of the molecule is OCc1ccc(C(O)CC(O)CSc2nnnn2-c2ccccc2)cc1. The van der Waals surface area contributed by atoms with Crippen LogP contribution < -0.4 is 0 Å². The Morgan fingerprint density at radius 2 is 1.73 bits per heavy atom. The summed E-state index contributed by atoms with van der Waals surface area (Å²) in [6.45, 7) is -0.0359. The van der Waals surface area contributed by atoms with E-state index in [0.29, 0.717) is 16.5 Å². The maximum atomic E-state index is 10.3. The Morgan fingerprint density at radius 1 is 1.00 bits per heavy atom. The molecule has 0 aliphatic carbocycles. The topological polar surface area (TPSA) is 104 Å². The van der Waals surface area contributed by atoms with E-state index >= 15 is 0 Å². The number of aliphatic hydroxyl groups is 3. The molecule has 1 aromatic heterocycles. The highest BCUT2D eigenvalue weighted by Gasteiger charge is 2.16. The lowest BCUT2D eigenvalue weighted by Gasteiger charge is -2.16. The standard InChI is InChI=1S/C18H20N4O3S/c23-11-13-6-8-14(9-7-13)17(25)10-16(24)12-26-18-19-20-21-22(18)15-4-2-1-3-5-15/h1-9,16-17,23-25H,10-12H2. The molecule has 0 fully saturated rings. The van der Waals surface area contributed by atoms with E-state index in [1.54, 1.807) is 28.9 Å². The summed E-state index contributed by atoms with van der Waals surface area (Å²) < 4.78 is 1.61. The van der Waals surface area contributed by atoms with Crippen molar-refractivity contribution in [2.45, 2.75) is 30.4 Å². The summed E-state index contributed by atoms with van der Waals surface area (Å²) in [7, 11) is 0. The summed E-state index contributed by atoms with van der Waals surface area (Å²) >= 11 is 1.33. The first kappa shape index (κ1) is 18.5. The molecule has 2 aromatic carbocycles. The van der Waals surface area contributed by atoms with Gasteiger partial charge in [-0.3, -0.25) is 0 Å². The van der Waals surface area contributed by atoms with Crippen LogP contribution in [0.1, 0.15) is 23.7 Å². The zero-order chi connectivity index (χ0) is 18.4. The van der Waals surface area contributed by atoms with Gasteiger partial charge in [0.25, 0.3) is 0 Å². The van der Waals surface area contributed by atoms with Crippen LogP contribution in [0.15, 0.2) is 59.8 Å². The number of para-hydroxylation sites is 1. The summed E-state index contributed by atoms with van der Waals surface area (Å²) in [5, 5.41) is 41.8. The number of benzene rings is 2. The van der Waals surface area contributed by atoms with Crippen LogP contribution in [-0.2, 0) is 6.61 Å². The predicted octanol–water partition coefficient (Wildman–Crippen LogP) is 1.73. The highest BCUT2D eigenvalue weighted by atomic mass is 32.2. The number of rotatable bonds is 8. The number of aliphatic hydroxyl groups excluding tert-OH is 3. The van der Waals surface area contributed by atoms with Gasteiger partial charge < -0.3 is 15.3 Å². The van der Waals surface area contributed by atoms with Crippen LogP contribution in [0.2, 0.25) is 0 Å². The van der Waals surface area contributed by atoms with Gasteiger partial charge in [0.05, 0.1) is 24.5 Å². The Hall–Kier alpha value is -2.26. The fourth-order valence-corrected chi connectivity index (χ4v) is 3.31. The van der Waals surface area contributed by atoms with Gasteiger partial charge in [-0.25, -0.2) is 0 Å². The molecule has 0 saturated carbocycles. The van der Waals surface area contributed by atoms with Gasteiger partial charge in [0.1, 0.15) is 0 Å². The van der Waals surface area contributed by atoms with Crippen molar-refractivity contribution in [2.75, 3.05) is 5.75 Å². The molecule has 0 radical (unpaired) electrons. The first-order valence-corrected chi connectivity index (χ1v) is 9.18. The summed E-state index contributed by atoms with van der Waals surface area (Å²) in [6.07, 6.45) is -1.28. The second kappa shape index (κ2) is 8.91. The molecule has 3 rings (SSSR count). The third-order valence-electron chi connectivity index (χ3n) is 3.89. The number of aromatic nitrogens is 4. The van der Waals surface area contributed by atoms with E-state index in [2.05, 4.69) is 15.5 Å². The molecular weight excluding hydrogens is 352 g/mol. The van der Waals surface area contributed by atoms with Crippen molar-refractivity contribution in [3.05, 3.63) is 65.7 Å². The molecule has 8 heteroatoms. The third-order valence-corrected chi connectivity index (χ3v) is 4.95. The number of hydrogen-bond acceptors (Lipinski definition) is 7. The van der Waals surface area contributed by atoms with Crippen LogP contribution in [-0.4, -0.2) is 47.4 Å². The molecule has 1 heterocycles. The summed E-state index contributed by atoms with van der Waals surface area (Å²) in [4.78, 5) is 0. The molecule has 2 atom stereocenters. The van der Waals surface area contributed by atoms with Gasteiger partial charge in [0, 0.05) is 12.2 Å². The van der Waals surface area contributed by atoms with Crippen molar-refractivity contribution in [1.29, 1.82) is 0 Å². The van der Waals surface area contributed by atoms with Crippen molar-refractivity contribution in [3.63, 3.8) is 0 Å². The molecule has 0 amide bonds. The van der Waals surface area contributed by atoms with Crippen molar-refractivity contribution >= 4 is 11.8 Å². The van der Waals surface area contributed by atoms with E-state index in [4.69, 9.17) is 5.11 Å². The highest BCUT2D eigenvalue weighted by Crippen LogP contribution is 2.23. The third kappa shape index (κ3) is 4.67. The van der Waals surface area contributed by atoms with Crippen LogP contribution in [0.25, 0.3) is 5.69 Å². The van der Waals surface area contributed by atoms with E-state index in [1.165, 1.54) is 11.8 Å². The van der Waals surface area contributed by atoms with Crippen molar-refractivity contribution < 1.29 is 15.3 Å². The molecular formula is C18H20N4O3S. The highest BCUT2D eigenvalue weighted by molar-refractivity contribution is 7.99. The van der Waals surface area contributed by atoms with E-state index in [0.717, 1.165) is 11.3 Å². The molecule has 0 aliphatic heterocycles. The first-order chi connectivity index (χ1) is 12.7. The summed E-state index contributed by atoms with van der Waals surface area (Å²) in [5.74, 6) is 0.360. The quantitative estimate of drug-likeness (QED) is 0.517. The van der Waals surface area contributed by atoms with Gasteiger partial charge in [-0.2, -0.15) is 4.68 Å². The molecule has 0 saturated heterocycles. The molecule has 7 nitrogen and oxygen atoms in total. The van der Waals surface area contributed by atoms with Crippen LogP contribution in [0.5, 0.6) is 0 Å². The van der Waals surface area contributed by atoms with Crippen LogP contribution in [0.3, 0.4) is 0 Å². The van der Waals surface area contributed by atoms with E-state index in [1.807, 2.05) is 30.3 Å². The minimum atomic E-state index is -0.775. The second-order valence-electron chi connectivity index (χ2n) is 5.82. The van der Waals surface area contributed by atoms with Gasteiger partial charge in [-0.05, 0) is 33.7 Å². The fraction of sp³-hybridized carbons (Fsp3) is 0.278. The Balaban J connectivity index is 1.56. The van der Waals surface area contributed by atoms with E-state index in [9.17, 15) is 10.2 Å². The maximum absolute atomic E-state index is 10.3. The smallest absolute Gasteiger partial charge is 0.214 e. The lowest BCUT2D eigenvalue weighted by atomic mass is 10.0. The van der Waals surface area contributed by atoms with Crippen LogP contribution in [0.4, 0.5) is 0 Å². The van der Waals surface area contributed by atoms with Gasteiger partial charge in [0.2, 0.25) is 5.16 Å². The van der Waals surface area contributed by atoms with Crippen molar-refractivity contribution in [2.24, 2.45) is 0 Å². The fourth-order valence-electron chi connectivity index (χ4n) is 2.48. The number of hydrogen-bond donors (Lipinski definition) is 3. The van der Waals surface area contributed by atoms with Crippen LogP contribution >= 0.6 is 11.8 Å². The van der Waals surface area contributed by atoms with Crippen molar-refractivity contribution in [1.82, 2.24) is 20.2 Å². The lowest BCUT2D eigenvalue weighted by Crippen LogP contribution is -2.15. The second-order valence-corrected chi connectivity index (χ2v) is 6.81. The molecule has 0 spiro atoms. The van der Waals surface area contributed by atoms with Gasteiger partial charge in [0.15, 0.2) is 0 Å². The zero-order valence-corrected chi connectivity index (χ0v) is 14.8. The monoisotopic (exact) mass is 372 g/mol. The Bertz CT molecular complexity index is 811. The Kier molecular flexibility index (Phi) is 6.35. The largest absolute Gasteiger partial charge is 0.392 e. The zero-order valence-electron chi connectivity index (χ0n) is 14.0. The molecule has 0 aliphatic rings. The van der Waals surface area contributed by atoms with Gasteiger partial charge in [-0.1, -0.05) is 54.2 Å². The number of thioether (sulfide) groups is 1. The lowest BCUT2D eigenvalue weighted by molar-refractivity contribution is 0.0930. The number of tetrazole rings is 1. The minimum absolute atomic E-state index is 0.0359. The molecule has 26 heavy (non-hydrogen) atoms. The first-order valence-electron chi connectivity index (χ1n) is 8.20. The van der Waals surface area contributed by atoms with Gasteiger partial charge >= 0.3 is 0 Å². The molecule has 3 N–H and O–H groups in total. The van der Waals surface area contributed by atoms with Crippen LogP contribution in [0, 0.1) is 0 Å². The summed E-state index contributed by atoms with van der Waals surface area (Å²) in [5.41, 5.74) is 2.34. The number of nitrogens with zero attached hydrogens (tertiary/aromatic N) is 4. The van der Waals surface area contributed by atoms with E-state index in [-0.39, 0.29) is 13.0 Å². The average molecular weight is 372 g/mol. The minimum Gasteiger partial charge on any atom is -0.392 e. The molecule has 136 valence electrons. The molecule has 0 bridgehead atoms. The Morgan fingerprint density at radius 3 is 2.42 bits per heavy atom. The van der Waals surface area contributed by atoms with Gasteiger partial charge in [-0.15, -0.1) is 5.10 Å². The van der Waals surface area contributed by atoms with Crippen molar-refractivity contribution in [3.8, 4) is 5.69 Å². The molecule has 2 unspecified atom stereocenters. The molecule has 3 aromatic rings. The van der Waals surface area contributed by atoms with E-state index < -0.39 is 12.2 Å². The predicted molar refractivity (Wildman–Crippen MR) is 97.8 cm³/mol. The Labute approximate surface area is 155 Å². The average Bonchev–Trinajstić information content (AvgIpc) is 3.16. The maximum Gasteiger partial charge on any atom is 0.214 e. The normalized spacial score (nSPS) is 13.5.